The zero-order valence-corrected chi connectivity index (χ0v) is 24.3. The molecular formula is C28H40ClN3O4S. The second kappa shape index (κ2) is 13.8. The van der Waals surface area contributed by atoms with Crippen LogP contribution in [0, 0.1) is 13.8 Å². The van der Waals surface area contributed by atoms with E-state index in [2.05, 4.69) is 5.32 Å². The fourth-order valence-electron chi connectivity index (χ4n) is 4.10. The highest BCUT2D eigenvalue weighted by molar-refractivity contribution is 7.92. The van der Waals surface area contributed by atoms with E-state index < -0.39 is 16.1 Å². The number of carbonyl (C=O) groups excluding carboxylic acids is 2. The third-order valence-electron chi connectivity index (χ3n) is 6.52. The van der Waals surface area contributed by atoms with Crippen molar-refractivity contribution >= 4 is 39.1 Å². The molecule has 2 aromatic carbocycles. The standard InChI is InChI=1S/C28H40ClN3O4S/c1-7-21(4)30-28(34)25(8-2)31(19-23-16-14-20(3)15-17-23)27(33)13-10-18-32(37(6,35)36)26-12-9-11-24(29)22(26)5/h9,11-12,14-17,21,25H,7-8,10,13,18-19H2,1-6H3,(H,30,34)/t21-,25+/m0/s1. The van der Waals surface area contributed by atoms with Gasteiger partial charge in [-0.05, 0) is 63.3 Å². The molecule has 1 N–H and O–H groups in total. The summed E-state index contributed by atoms with van der Waals surface area (Å²) in [5.74, 6) is -0.368. The van der Waals surface area contributed by atoms with Gasteiger partial charge in [0.1, 0.15) is 6.04 Å². The molecule has 0 bridgehead atoms. The van der Waals surface area contributed by atoms with E-state index in [0.717, 1.165) is 23.8 Å². The zero-order valence-electron chi connectivity index (χ0n) is 22.8. The molecule has 2 atom stereocenters. The molecule has 0 saturated heterocycles. The van der Waals surface area contributed by atoms with Crippen molar-refractivity contribution in [2.75, 3.05) is 17.1 Å². The Bertz CT molecular complexity index is 1170. The van der Waals surface area contributed by atoms with Gasteiger partial charge in [-0.3, -0.25) is 13.9 Å². The summed E-state index contributed by atoms with van der Waals surface area (Å²) >= 11 is 6.23. The third-order valence-corrected chi connectivity index (χ3v) is 8.11. The normalized spacial score (nSPS) is 13.1. The summed E-state index contributed by atoms with van der Waals surface area (Å²) < 4.78 is 26.5. The minimum Gasteiger partial charge on any atom is -0.352 e. The molecule has 0 spiro atoms. The van der Waals surface area contributed by atoms with Crippen molar-refractivity contribution in [1.29, 1.82) is 0 Å². The summed E-state index contributed by atoms with van der Waals surface area (Å²) in [5.41, 5.74) is 3.20. The number of carbonyl (C=O) groups is 2. The molecule has 0 heterocycles. The molecule has 0 aliphatic rings. The van der Waals surface area contributed by atoms with Gasteiger partial charge < -0.3 is 10.2 Å². The molecule has 0 fully saturated rings. The van der Waals surface area contributed by atoms with Crippen molar-refractivity contribution in [3.8, 4) is 0 Å². The fraction of sp³-hybridized carbons (Fsp3) is 0.500. The number of sulfonamides is 1. The topological polar surface area (TPSA) is 86.8 Å². The van der Waals surface area contributed by atoms with Crippen molar-refractivity contribution in [3.05, 3.63) is 64.2 Å². The number of hydrogen-bond donors (Lipinski definition) is 1. The maximum atomic E-state index is 13.5. The Kier molecular flexibility index (Phi) is 11.4. The Morgan fingerprint density at radius 1 is 1.03 bits per heavy atom. The molecule has 0 aliphatic carbocycles. The second-order valence-electron chi connectivity index (χ2n) is 9.57. The van der Waals surface area contributed by atoms with Gasteiger partial charge in [0.25, 0.3) is 0 Å². The Balaban J connectivity index is 2.25. The molecule has 2 aromatic rings. The van der Waals surface area contributed by atoms with E-state index in [-0.39, 0.29) is 30.8 Å². The van der Waals surface area contributed by atoms with Crippen LogP contribution in [0.1, 0.15) is 63.1 Å². The average molecular weight is 550 g/mol. The van der Waals surface area contributed by atoms with Crippen molar-refractivity contribution in [1.82, 2.24) is 10.2 Å². The average Bonchev–Trinajstić information content (AvgIpc) is 2.84. The lowest BCUT2D eigenvalue weighted by molar-refractivity contribution is -0.141. The molecular weight excluding hydrogens is 510 g/mol. The molecule has 7 nitrogen and oxygen atoms in total. The summed E-state index contributed by atoms with van der Waals surface area (Å²) in [6.45, 7) is 10.0. The van der Waals surface area contributed by atoms with E-state index in [1.165, 1.54) is 4.31 Å². The van der Waals surface area contributed by atoms with Crippen LogP contribution in [-0.2, 0) is 26.2 Å². The van der Waals surface area contributed by atoms with E-state index in [9.17, 15) is 18.0 Å². The van der Waals surface area contributed by atoms with Gasteiger partial charge in [0.15, 0.2) is 0 Å². The summed E-state index contributed by atoms with van der Waals surface area (Å²) in [6.07, 6.45) is 2.80. The van der Waals surface area contributed by atoms with Crippen LogP contribution in [0.25, 0.3) is 0 Å². The van der Waals surface area contributed by atoms with Crippen molar-refractivity contribution in [3.63, 3.8) is 0 Å². The first kappa shape index (κ1) is 30.6. The SMILES string of the molecule is CC[C@H](C(=O)N[C@@H](C)CC)N(Cc1ccc(C)cc1)C(=O)CCCN(c1cccc(Cl)c1C)S(C)(=O)=O. The first-order chi connectivity index (χ1) is 17.4. The molecule has 0 radical (unpaired) electrons. The number of anilines is 1. The quantitative estimate of drug-likeness (QED) is 0.371. The summed E-state index contributed by atoms with van der Waals surface area (Å²) in [5, 5.41) is 3.48. The van der Waals surface area contributed by atoms with Crippen LogP contribution < -0.4 is 9.62 Å². The molecule has 0 aromatic heterocycles. The number of rotatable bonds is 13. The Hall–Kier alpha value is -2.58. The molecule has 0 aliphatic heterocycles. The number of hydrogen-bond acceptors (Lipinski definition) is 4. The fourth-order valence-corrected chi connectivity index (χ4v) is 5.28. The number of amides is 2. The van der Waals surface area contributed by atoms with Crippen LogP contribution in [0.15, 0.2) is 42.5 Å². The van der Waals surface area contributed by atoms with Crippen molar-refractivity contribution in [2.45, 2.75) is 78.9 Å². The third kappa shape index (κ3) is 8.75. The van der Waals surface area contributed by atoms with Crippen LogP contribution >= 0.6 is 11.6 Å². The first-order valence-electron chi connectivity index (χ1n) is 12.8. The van der Waals surface area contributed by atoms with Crippen LogP contribution in [0.2, 0.25) is 5.02 Å². The predicted octanol–water partition coefficient (Wildman–Crippen LogP) is 5.23. The van der Waals surface area contributed by atoms with Crippen LogP contribution in [-0.4, -0.2) is 50.0 Å². The van der Waals surface area contributed by atoms with Gasteiger partial charge in [-0.15, -0.1) is 0 Å². The molecule has 204 valence electrons. The maximum Gasteiger partial charge on any atom is 0.243 e. The number of aryl methyl sites for hydroxylation is 1. The lowest BCUT2D eigenvalue weighted by atomic mass is 10.1. The van der Waals surface area contributed by atoms with Crippen molar-refractivity contribution < 1.29 is 18.0 Å². The lowest BCUT2D eigenvalue weighted by Crippen LogP contribution is -2.50. The van der Waals surface area contributed by atoms with Gasteiger partial charge in [-0.2, -0.15) is 0 Å². The Morgan fingerprint density at radius 2 is 1.68 bits per heavy atom. The van der Waals surface area contributed by atoms with Crippen LogP contribution in [0.5, 0.6) is 0 Å². The van der Waals surface area contributed by atoms with E-state index in [4.69, 9.17) is 11.6 Å². The molecule has 2 rings (SSSR count). The zero-order chi connectivity index (χ0) is 27.8. The largest absolute Gasteiger partial charge is 0.352 e. The Morgan fingerprint density at radius 3 is 2.24 bits per heavy atom. The molecule has 0 unspecified atom stereocenters. The summed E-state index contributed by atoms with van der Waals surface area (Å²) in [4.78, 5) is 28.2. The number of benzene rings is 2. The highest BCUT2D eigenvalue weighted by Crippen LogP contribution is 2.28. The monoisotopic (exact) mass is 549 g/mol. The van der Waals surface area contributed by atoms with E-state index in [0.29, 0.717) is 35.7 Å². The number of halogens is 1. The maximum absolute atomic E-state index is 13.5. The van der Waals surface area contributed by atoms with E-state index in [1.807, 2.05) is 52.0 Å². The number of nitrogens with one attached hydrogen (secondary N) is 1. The van der Waals surface area contributed by atoms with Crippen molar-refractivity contribution in [2.24, 2.45) is 0 Å². The van der Waals surface area contributed by atoms with E-state index >= 15 is 0 Å². The van der Waals surface area contributed by atoms with Gasteiger partial charge in [-0.1, -0.05) is 61.3 Å². The number of nitrogens with zero attached hydrogens (tertiary/aromatic N) is 2. The Labute approximate surface area is 227 Å². The lowest BCUT2D eigenvalue weighted by Gasteiger charge is -2.32. The van der Waals surface area contributed by atoms with Crippen LogP contribution in [0.3, 0.4) is 0 Å². The minimum absolute atomic E-state index is 0.00197. The molecule has 0 saturated carbocycles. The van der Waals surface area contributed by atoms with Gasteiger partial charge >= 0.3 is 0 Å². The van der Waals surface area contributed by atoms with Gasteiger partial charge in [-0.25, -0.2) is 8.42 Å². The highest BCUT2D eigenvalue weighted by Gasteiger charge is 2.29. The smallest absolute Gasteiger partial charge is 0.243 e. The predicted molar refractivity (Wildman–Crippen MR) is 151 cm³/mol. The highest BCUT2D eigenvalue weighted by atomic mass is 35.5. The van der Waals surface area contributed by atoms with Gasteiger partial charge in [0.05, 0.1) is 11.9 Å². The first-order valence-corrected chi connectivity index (χ1v) is 15.0. The molecule has 2 amide bonds. The molecule has 9 heteroatoms. The summed E-state index contributed by atoms with van der Waals surface area (Å²) in [6, 6.07) is 12.4. The van der Waals surface area contributed by atoms with Crippen LogP contribution in [0.4, 0.5) is 5.69 Å². The second-order valence-corrected chi connectivity index (χ2v) is 11.9. The minimum atomic E-state index is -3.59. The molecule has 37 heavy (non-hydrogen) atoms. The van der Waals surface area contributed by atoms with Gasteiger partial charge in [0.2, 0.25) is 21.8 Å². The van der Waals surface area contributed by atoms with Gasteiger partial charge in [0, 0.05) is 30.6 Å². The summed E-state index contributed by atoms with van der Waals surface area (Å²) in [7, 11) is -3.59. The van der Waals surface area contributed by atoms with E-state index in [1.54, 1.807) is 30.0 Å².